The van der Waals surface area contributed by atoms with E-state index in [0.29, 0.717) is 17.7 Å². The maximum Gasteiger partial charge on any atom is 0.258 e. The van der Waals surface area contributed by atoms with Gasteiger partial charge in [0.05, 0.1) is 23.0 Å². The van der Waals surface area contributed by atoms with Gasteiger partial charge in [0.1, 0.15) is 0 Å². The number of benzene rings is 2. The SMILES string of the molecule is N#Cc1ccc2c(c1)CCN2C(=O)c1ccc2c(c1)NCCCN2. The van der Waals surface area contributed by atoms with E-state index in [0.717, 1.165) is 48.6 Å². The first-order valence-corrected chi connectivity index (χ1v) is 8.23. The van der Waals surface area contributed by atoms with Gasteiger partial charge >= 0.3 is 0 Å². The molecule has 0 unspecified atom stereocenters. The first-order valence-electron chi connectivity index (χ1n) is 8.23. The highest BCUT2D eigenvalue weighted by Crippen LogP contribution is 2.32. The summed E-state index contributed by atoms with van der Waals surface area (Å²) in [6.07, 6.45) is 1.85. The lowest BCUT2D eigenvalue weighted by Crippen LogP contribution is -2.28. The molecule has 2 N–H and O–H groups in total. The second-order valence-corrected chi connectivity index (χ2v) is 6.13. The number of hydrogen-bond acceptors (Lipinski definition) is 4. The second-order valence-electron chi connectivity index (χ2n) is 6.13. The molecule has 0 aliphatic carbocycles. The van der Waals surface area contributed by atoms with Gasteiger partial charge in [-0.1, -0.05) is 0 Å². The predicted octanol–water partition coefficient (Wildman–Crippen LogP) is 2.99. The summed E-state index contributed by atoms with van der Waals surface area (Å²) in [6, 6.07) is 13.5. The number of nitrogens with zero attached hydrogens (tertiary/aromatic N) is 2. The van der Waals surface area contributed by atoms with Crippen LogP contribution in [0.4, 0.5) is 17.1 Å². The van der Waals surface area contributed by atoms with E-state index in [1.807, 2.05) is 35.2 Å². The van der Waals surface area contributed by atoms with E-state index in [1.54, 1.807) is 6.07 Å². The molecule has 2 heterocycles. The number of carbonyl (C=O) groups is 1. The minimum atomic E-state index is 0.00676. The maximum atomic E-state index is 12.9. The third-order valence-electron chi connectivity index (χ3n) is 4.60. The van der Waals surface area contributed by atoms with Crippen molar-refractivity contribution in [3.05, 3.63) is 53.1 Å². The van der Waals surface area contributed by atoms with Crippen LogP contribution in [0.5, 0.6) is 0 Å². The molecule has 2 aromatic rings. The molecule has 0 saturated heterocycles. The molecule has 2 aromatic carbocycles. The average Bonchev–Trinajstić information content (AvgIpc) is 2.89. The van der Waals surface area contributed by atoms with Gasteiger partial charge in [-0.2, -0.15) is 5.26 Å². The summed E-state index contributed by atoms with van der Waals surface area (Å²) in [5.41, 5.74) is 5.34. The third kappa shape index (κ3) is 2.46. The Bertz CT molecular complexity index is 853. The van der Waals surface area contributed by atoms with E-state index in [1.165, 1.54) is 0 Å². The van der Waals surface area contributed by atoms with Crippen molar-refractivity contribution in [1.82, 2.24) is 0 Å². The van der Waals surface area contributed by atoms with Crippen LogP contribution in [-0.4, -0.2) is 25.5 Å². The van der Waals surface area contributed by atoms with E-state index >= 15 is 0 Å². The summed E-state index contributed by atoms with van der Waals surface area (Å²) >= 11 is 0. The first kappa shape index (κ1) is 14.6. The zero-order chi connectivity index (χ0) is 16.5. The van der Waals surface area contributed by atoms with Crippen LogP contribution in [0.2, 0.25) is 0 Å². The van der Waals surface area contributed by atoms with Gasteiger partial charge in [0.15, 0.2) is 0 Å². The first-order chi connectivity index (χ1) is 11.8. The molecule has 5 nitrogen and oxygen atoms in total. The zero-order valence-corrected chi connectivity index (χ0v) is 13.3. The van der Waals surface area contributed by atoms with Gasteiger partial charge in [0.2, 0.25) is 0 Å². The van der Waals surface area contributed by atoms with Crippen LogP contribution in [0.1, 0.15) is 27.9 Å². The Hall–Kier alpha value is -3.00. The molecule has 0 spiro atoms. The summed E-state index contributed by atoms with van der Waals surface area (Å²) < 4.78 is 0. The van der Waals surface area contributed by atoms with Crippen LogP contribution in [0.25, 0.3) is 0 Å². The van der Waals surface area contributed by atoms with Gasteiger partial charge in [-0.15, -0.1) is 0 Å². The normalized spacial score (nSPS) is 15.4. The van der Waals surface area contributed by atoms with Gasteiger partial charge in [-0.25, -0.2) is 0 Å². The van der Waals surface area contributed by atoms with Crippen molar-refractivity contribution in [3.63, 3.8) is 0 Å². The number of nitriles is 1. The summed E-state index contributed by atoms with van der Waals surface area (Å²) in [4.78, 5) is 14.8. The molecule has 5 heteroatoms. The second kappa shape index (κ2) is 5.89. The Labute approximate surface area is 140 Å². The van der Waals surface area contributed by atoms with Crippen molar-refractivity contribution in [2.45, 2.75) is 12.8 Å². The minimum absolute atomic E-state index is 0.00676. The fourth-order valence-corrected chi connectivity index (χ4v) is 3.35. The molecule has 0 bridgehead atoms. The molecule has 0 radical (unpaired) electrons. The Morgan fingerprint density at radius 1 is 1.08 bits per heavy atom. The lowest BCUT2D eigenvalue weighted by molar-refractivity contribution is 0.0989. The molecule has 0 saturated carbocycles. The van der Waals surface area contributed by atoms with E-state index < -0.39 is 0 Å². The average molecular weight is 318 g/mol. The van der Waals surface area contributed by atoms with Crippen LogP contribution >= 0.6 is 0 Å². The van der Waals surface area contributed by atoms with Crippen molar-refractivity contribution < 1.29 is 4.79 Å². The number of fused-ring (bicyclic) bond motifs is 2. The lowest BCUT2D eigenvalue weighted by Gasteiger charge is -2.18. The molecule has 2 aliphatic heterocycles. The van der Waals surface area contributed by atoms with E-state index in [2.05, 4.69) is 16.7 Å². The molecule has 120 valence electrons. The minimum Gasteiger partial charge on any atom is -0.383 e. The molecular weight excluding hydrogens is 300 g/mol. The Morgan fingerprint density at radius 3 is 2.75 bits per heavy atom. The zero-order valence-electron chi connectivity index (χ0n) is 13.3. The number of nitrogens with one attached hydrogen (secondary N) is 2. The van der Waals surface area contributed by atoms with Crippen molar-refractivity contribution in [1.29, 1.82) is 5.26 Å². The molecule has 2 aliphatic rings. The summed E-state index contributed by atoms with van der Waals surface area (Å²) in [7, 11) is 0. The summed E-state index contributed by atoms with van der Waals surface area (Å²) in [5.74, 6) is 0.00676. The topological polar surface area (TPSA) is 68.2 Å². The highest BCUT2D eigenvalue weighted by molar-refractivity contribution is 6.08. The fraction of sp³-hybridized carbons (Fsp3) is 0.263. The molecule has 4 rings (SSSR count). The van der Waals surface area contributed by atoms with Crippen LogP contribution in [0.15, 0.2) is 36.4 Å². The Balaban J connectivity index is 1.64. The fourth-order valence-electron chi connectivity index (χ4n) is 3.35. The lowest BCUT2D eigenvalue weighted by atomic mass is 10.1. The number of hydrogen-bond donors (Lipinski definition) is 2. The van der Waals surface area contributed by atoms with Crippen molar-refractivity contribution in [3.8, 4) is 6.07 Å². The van der Waals surface area contributed by atoms with Gasteiger partial charge < -0.3 is 15.5 Å². The predicted molar refractivity (Wildman–Crippen MR) is 94.6 cm³/mol. The highest BCUT2D eigenvalue weighted by atomic mass is 16.2. The molecule has 0 aromatic heterocycles. The van der Waals surface area contributed by atoms with Crippen LogP contribution < -0.4 is 15.5 Å². The number of carbonyl (C=O) groups excluding carboxylic acids is 1. The van der Waals surface area contributed by atoms with E-state index in [9.17, 15) is 4.79 Å². The van der Waals surface area contributed by atoms with Gasteiger partial charge in [0, 0.05) is 30.9 Å². The van der Waals surface area contributed by atoms with Crippen LogP contribution in [-0.2, 0) is 6.42 Å². The number of rotatable bonds is 1. The molecule has 24 heavy (non-hydrogen) atoms. The molecule has 0 atom stereocenters. The van der Waals surface area contributed by atoms with E-state index in [4.69, 9.17) is 5.26 Å². The monoisotopic (exact) mass is 318 g/mol. The van der Waals surface area contributed by atoms with Gasteiger partial charge in [-0.3, -0.25) is 4.79 Å². The smallest absolute Gasteiger partial charge is 0.258 e. The molecular formula is C19H18N4O. The number of anilines is 3. The van der Waals surface area contributed by atoms with Crippen molar-refractivity contribution >= 4 is 23.0 Å². The van der Waals surface area contributed by atoms with Gasteiger partial charge in [0.25, 0.3) is 5.91 Å². The summed E-state index contributed by atoms with van der Waals surface area (Å²) in [6.45, 7) is 2.50. The quantitative estimate of drug-likeness (QED) is 0.848. The largest absolute Gasteiger partial charge is 0.383 e. The van der Waals surface area contributed by atoms with Crippen LogP contribution in [0.3, 0.4) is 0 Å². The van der Waals surface area contributed by atoms with Gasteiger partial charge in [-0.05, 0) is 54.8 Å². The molecule has 1 amide bonds. The number of amides is 1. The van der Waals surface area contributed by atoms with Crippen molar-refractivity contribution in [2.75, 3.05) is 35.2 Å². The third-order valence-corrected chi connectivity index (χ3v) is 4.60. The van der Waals surface area contributed by atoms with Crippen LogP contribution in [0, 0.1) is 11.3 Å². The molecule has 0 fully saturated rings. The maximum absolute atomic E-state index is 12.9. The summed E-state index contributed by atoms with van der Waals surface area (Å²) in [5, 5.41) is 15.8. The van der Waals surface area contributed by atoms with Crippen molar-refractivity contribution in [2.24, 2.45) is 0 Å². The standard InChI is InChI=1S/C19H18N4O/c20-12-13-2-5-18-14(10-13)6-9-23(18)19(24)15-3-4-16-17(11-15)22-8-1-7-21-16/h2-5,10-11,21-22H,1,6-9H2. The van der Waals surface area contributed by atoms with E-state index in [-0.39, 0.29) is 5.91 Å². The Kier molecular flexibility index (Phi) is 3.58. The Morgan fingerprint density at radius 2 is 1.92 bits per heavy atom. The highest BCUT2D eigenvalue weighted by Gasteiger charge is 2.26.